The van der Waals surface area contributed by atoms with Crippen molar-refractivity contribution in [2.75, 3.05) is 10.8 Å². The Labute approximate surface area is 275 Å². The van der Waals surface area contributed by atoms with Gasteiger partial charge < -0.3 is 10.2 Å². The lowest BCUT2D eigenvalue weighted by Gasteiger charge is -2.35. The number of nitrogens with one attached hydrogen (secondary N) is 1. The fourth-order valence-electron chi connectivity index (χ4n) is 5.03. The molecule has 1 atom stereocenters. The fourth-order valence-corrected chi connectivity index (χ4v) is 6.96. The van der Waals surface area contributed by atoms with Gasteiger partial charge in [-0.1, -0.05) is 94.3 Å². The van der Waals surface area contributed by atoms with Crippen LogP contribution in [0.4, 0.5) is 5.69 Å². The molecule has 0 unspecified atom stereocenters. The first-order chi connectivity index (χ1) is 21.2. The third kappa shape index (κ3) is 9.05. The van der Waals surface area contributed by atoms with Crippen LogP contribution in [0.15, 0.2) is 112 Å². The zero-order valence-electron chi connectivity index (χ0n) is 26.3. The lowest BCUT2D eigenvalue weighted by Crippen LogP contribution is -2.56. The maximum Gasteiger partial charge on any atom is 0.264 e. The van der Waals surface area contributed by atoms with Gasteiger partial charge in [-0.05, 0) is 81.6 Å². The Kier molecular flexibility index (Phi) is 10.9. The van der Waals surface area contributed by atoms with Gasteiger partial charge in [-0.2, -0.15) is 0 Å². The van der Waals surface area contributed by atoms with Crippen molar-refractivity contribution in [2.45, 2.75) is 64.1 Å². The van der Waals surface area contributed by atoms with Crippen LogP contribution in [-0.2, 0) is 32.6 Å². The molecule has 4 aromatic rings. The number of hydrogen-bond donors (Lipinski definition) is 1. The van der Waals surface area contributed by atoms with E-state index >= 15 is 0 Å². The summed E-state index contributed by atoms with van der Waals surface area (Å²) in [6.45, 7) is 8.96. The highest BCUT2D eigenvalue weighted by molar-refractivity contribution is 9.10. The second-order valence-corrected chi connectivity index (χ2v) is 15.0. The number of sulfonamides is 1. The number of hydrogen-bond acceptors (Lipinski definition) is 4. The maximum atomic E-state index is 14.6. The van der Waals surface area contributed by atoms with Crippen molar-refractivity contribution in [1.82, 2.24) is 10.2 Å². The van der Waals surface area contributed by atoms with Crippen LogP contribution in [0.2, 0.25) is 0 Å². The van der Waals surface area contributed by atoms with Crippen LogP contribution >= 0.6 is 15.9 Å². The molecule has 2 amide bonds. The Morgan fingerprint density at radius 3 is 2.07 bits per heavy atom. The van der Waals surface area contributed by atoms with E-state index in [0.717, 1.165) is 25.5 Å². The molecule has 4 rings (SSSR count). The highest BCUT2D eigenvalue weighted by Gasteiger charge is 2.36. The number of anilines is 1. The predicted octanol–water partition coefficient (Wildman–Crippen LogP) is 6.82. The summed E-state index contributed by atoms with van der Waals surface area (Å²) in [7, 11) is -4.16. The Hall–Kier alpha value is -3.95. The Bertz CT molecular complexity index is 1740. The second kappa shape index (κ2) is 14.4. The van der Waals surface area contributed by atoms with Gasteiger partial charge in [0.05, 0.1) is 10.6 Å². The van der Waals surface area contributed by atoms with Gasteiger partial charge in [0.2, 0.25) is 11.8 Å². The third-order valence-electron chi connectivity index (χ3n) is 7.28. The monoisotopic (exact) mass is 689 g/mol. The molecule has 0 radical (unpaired) electrons. The molecule has 236 valence electrons. The summed E-state index contributed by atoms with van der Waals surface area (Å²) in [5, 5.41) is 3.05. The zero-order valence-corrected chi connectivity index (χ0v) is 28.7. The number of carbonyl (C=O) groups excluding carboxylic acids is 2. The molecule has 0 saturated heterocycles. The van der Waals surface area contributed by atoms with Crippen molar-refractivity contribution < 1.29 is 18.0 Å². The number of para-hydroxylation sites is 1. The Morgan fingerprint density at radius 1 is 0.822 bits per heavy atom. The van der Waals surface area contributed by atoms with Crippen LogP contribution in [0.1, 0.15) is 43.0 Å². The maximum absolute atomic E-state index is 14.6. The molecule has 0 spiro atoms. The van der Waals surface area contributed by atoms with E-state index in [1.807, 2.05) is 101 Å². The van der Waals surface area contributed by atoms with Gasteiger partial charge in [0.25, 0.3) is 10.0 Å². The minimum Gasteiger partial charge on any atom is -0.350 e. The zero-order chi connectivity index (χ0) is 32.8. The first-order valence-electron chi connectivity index (χ1n) is 14.8. The number of rotatable bonds is 11. The summed E-state index contributed by atoms with van der Waals surface area (Å²) in [5.41, 5.74) is 3.13. The van der Waals surface area contributed by atoms with E-state index in [9.17, 15) is 18.0 Å². The number of carbonyl (C=O) groups is 2. The van der Waals surface area contributed by atoms with Gasteiger partial charge >= 0.3 is 0 Å². The van der Waals surface area contributed by atoms with Crippen molar-refractivity contribution in [3.05, 3.63) is 130 Å². The minimum atomic E-state index is -4.16. The van der Waals surface area contributed by atoms with Crippen molar-refractivity contribution in [3.63, 3.8) is 0 Å². The van der Waals surface area contributed by atoms with E-state index in [0.29, 0.717) is 11.3 Å². The topological polar surface area (TPSA) is 86.8 Å². The van der Waals surface area contributed by atoms with Gasteiger partial charge in [-0.3, -0.25) is 13.9 Å². The van der Waals surface area contributed by atoms with Crippen LogP contribution in [-0.4, -0.2) is 43.3 Å². The quantitative estimate of drug-likeness (QED) is 0.187. The van der Waals surface area contributed by atoms with E-state index in [1.54, 1.807) is 36.4 Å². The standard InChI is InChI=1S/C36H40BrN3O4S/c1-26-18-20-31(21-19-26)45(43,44)40(32-17-10-9-12-27(32)2)25-34(41)39(24-29-15-11-16-30(37)22-29)33(35(42)38-36(3,4)5)23-28-13-7-6-8-14-28/h6-22,33H,23-25H2,1-5H3,(H,38,42)/t33-/m0/s1. The smallest absolute Gasteiger partial charge is 0.264 e. The third-order valence-corrected chi connectivity index (χ3v) is 9.55. The van der Waals surface area contributed by atoms with E-state index in [-0.39, 0.29) is 23.8 Å². The van der Waals surface area contributed by atoms with Crippen molar-refractivity contribution in [1.29, 1.82) is 0 Å². The highest BCUT2D eigenvalue weighted by Crippen LogP contribution is 2.28. The number of nitrogens with zero attached hydrogens (tertiary/aromatic N) is 2. The first kappa shape index (κ1) is 33.9. The van der Waals surface area contributed by atoms with E-state index in [4.69, 9.17) is 0 Å². The Balaban J connectivity index is 1.83. The Morgan fingerprint density at radius 2 is 1.44 bits per heavy atom. The predicted molar refractivity (Wildman–Crippen MR) is 183 cm³/mol. The van der Waals surface area contributed by atoms with Crippen molar-refractivity contribution in [2.24, 2.45) is 0 Å². The molecule has 0 aliphatic heterocycles. The van der Waals surface area contributed by atoms with E-state index < -0.39 is 34.1 Å². The molecular formula is C36H40BrN3O4S. The van der Waals surface area contributed by atoms with E-state index in [1.165, 1.54) is 4.90 Å². The summed E-state index contributed by atoms with van der Waals surface area (Å²) in [6, 6.07) is 29.8. The van der Waals surface area contributed by atoms with Crippen LogP contribution in [0, 0.1) is 13.8 Å². The number of aryl methyl sites for hydroxylation is 2. The van der Waals surface area contributed by atoms with Crippen LogP contribution in [0.5, 0.6) is 0 Å². The molecular weight excluding hydrogens is 650 g/mol. The molecule has 7 nitrogen and oxygen atoms in total. The average molecular weight is 691 g/mol. The summed E-state index contributed by atoms with van der Waals surface area (Å²) in [6.07, 6.45) is 0.248. The summed E-state index contributed by atoms with van der Waals surface area (Å²) < 4.78 is 30.4. The van der Waals surface area contributed by atoms with Gasteiger partial charge in [0.1, 0.15) is 12.6 Å². The summed E-state index contributed by atoms with van der Waals surface area (Å²) >= 11 is 3.51. The molecule has 4 aromatic carbocycles. The number of benzene rings is 4. The SMILES string of the molecule is Cc1ccc(S(=O)(=O)N(CC(=O)N(Cc2cccc(Br)c2)[C@@H](Cc2ccccc2)C(=O)NC(C)(C)C)c2ccccc2C)cc1. The lowest BCUT2D eigenvalue weighted by molar-refractivity contribution is -0.140. The number of halogens is 1. The second-order valence-electron chi connectivity index (χ2n) is 12.2. The van der Waals surface area contributed by atoms with E-state index in [2.05, 4.69) is 21.2 Å². The molecule has 0 saturated carbocycles. The average Bonchev–Trinajstić information content (AvgIpc) is 2.98. The summed E-state index contributed by atoms with van der Waals surface area (Å²) in [5.74, 6) is -0.822. The van der Waals surface area contributed by atoms with Crippen LogP contribution in [0.25, 0.3) is 0 Å². The van der Waals surface area contributed by atoms with Crippen LogP contribution < -0.4 is 9.62 Å². The van der Waals surface area contributed by atoms with Gasteiger partial charge in [-0.25, -0.2) is 8.42 Å². The molecule has 0 bridgehead atoms. The largest absolute Gasteiger partial charge is 0.350 e. The van der Waals surface area contributed by atoms with Crippen molar-refractivity contribution >= 4 is 43.5 Å². The molecule has 0 aromatic heterocycles. The van der Waals surface area contributed by atoms with Crippen molar-refractivity contribution in [3.8, 4) is 0 Å². The van der Waals surface area contributed by atoms with Gasteiger partial charge in [0, 0.05) is 23.0 Å². The molecule has 0 aliphatic carbocycles. The molecule has 45 heavy (non-hydrogen) atoms. The number of amides is 2. The molecule has 0 fully saturated rings. The van der Waals surface area contributed by atoms with Gasteiger partial charge in [0.15, 0.2) is 0 Å². The molecule has 1 N–H and O–H groups in total. The van der Waals surface area contributed by atoms with Crippen LogP contribution in [0.3, 0.4) is 0 Å². The highest BCUT2D eigenvalue weighted by atomic mass is 79.9. The minimum absolute atomic E-state index is 0.0778. The normalized spacial score (nSPS) is 12.3. The lowest BCUT2D eigenvalue weighted by atomic mass is 10.0. The molecule has 0 heterocycles. The first-order valence-corrected chi connectivity index (χ1v) is 17.0. The fraction of sp³-hybridized carbons (Fsp3) is 0.278. The summed E-state index contributed by atoms with van der Waals surface area (Å²) in [4.78, 5) is 30.2. The van der Waals surface area contributed by atoms with Gasteiger partial charge in [-0.15, -0.1) is 0 Å². The molecule has 0 aliphatic rings. The molecule has 9 heteroatoms.